The molecule has 1 aliphatic rings. The van der Waals surface area contributed by atoms with Crippen molar-refractivity contribution in [2.45, 2.75) is 46.1 Å². The summed E-state index contributed by atoms with van der Waals surface area (Å²) in [5.74, 6) is 4.38. The number of hydrogen-bond donors (Lipinski definition) is 0. The van der Waals surface area contributed by atoms with Crippen LogP contribution >= 0.6 is 0 Å². The lowest BCUT2D eigenvalue weighted by Crippen LogP contribution is -2.37. The number of furan rings is 1. The Hall–Kier alpha value is -2.37. The standard InChI is InChI=1S/C18H23N5O/c1-4-14-10-17(23-18(21-14)19-11-20-23)22-8-7-12(2)9-15(22)16-6-5-13(3)24-16/h5-6,10-12,15H,4,7-9H2,1-3H3. The van der Waals surface area contributed by atoms with Crippen LogP contribution in [-0.2, 0) is 6.42 Å². The molecule has 4 rings (SSSR count). The third kappa shape index (κ3) is 2.56. The van der Waals surface area contributed by atoms with Gasteiger partial charge in [0.1, 0.15) is 23.7 Å². The molecule has 0 spiro atoms. The highest BCUT2D eigenvalue weighted by Gasteiger charge is 2.31. The zero-order valence-electron chi connectivity index (χ0n) is 14.4. The molecule has 2 atom stereocenters. The smallest absolute Gasteiger partial charge is 0.254 e. The molecule has 24 heavy (non-hydrogen) atoms. The highest BCUT2D eigenvalue weighted by molar-refractivity contribution is 5.49. The van der Waals surface area contributed by atoms with E-state index in [9.17, 15) is 0 Å². The molecular formula is C18H23N5O. The Morgan fingerprint density at radius 1 is 1.33 bits per heavy atom. The number of fused-ring (bicyclic) bond motifs is 1. The van der Waals surface area contributed by atoms with Gasteiger partial charge in [-0.3, -0.25) is 0 Å². The fourth-order valence-electron chi connectivity index (χ4n) is 3.55. The van der Waals surface area contributed by atoms with Gasteiger partial charge in [0.05, 0.1) is 6.04 Å². The predicted octanol–water partition coefficient (Wildman–Crippen LogP) is 3.57. The molecule has 1 fully saturated rings. The van der Waals surface area contributed by atoms with Crippen LogP contribution in [0.25, 0.3) is 5.78 Å². The average Bonchev–Trinajstić information content (AvgIpc) is 3.22. The Kier molecular flexibility index (Phi) is 3.75. The molecule has 1 aliphatic heterocycles. The van der Waals surface area contributed by atoms with E-state index in [4.69, 9.17) is 4.42 Å². The first-order chi connectivity index (χ1) is 11.7. The lowest BCUT2D eigenvalue weighted by molar-refractivity contribution is 0.322. The maximum absolute atomic E-state index is 5.97. The second-order valence-corrected chi connectivity index (χ2v) is 6.72. The molecule has 0 aromatic carbocycles. The molecule has 3 aromatic rings. The van der Waals surface area contributed by atoms with Crippen LogP contribution in [0.5, 0.6) is 0 Å². The van der Waals surface area contributed by atoms with E-state index in [0.717, 1.165) is 48.8 Å². The lowest BCUT2D eigenvalue weighted by atomic mass is 9.91. The Labute approximate surface area is 141 Å². The molecule has 6 nitrogen and oxygen atoms in total. The minimum Gasteiger partial charge on any atom is -0.464 e. The Morgan fingerprint density at radius 3 is 2.96 bits per heavy atom. The highest BCUT2D eigenvalue weighted by Crippen LogP contribution is 2.38. The van der Waals surface area contributed by atoms with Crippen LogP contribution in [0.4, 0.5) is 5.82 Å². The highest BCUT2D eigenvalue weighted by atomic mass is 16.3. The number of aromatic nitrogens is 4. The lowest BCUT2D eigenvalue weighted by Gasteiger charge is -2.38. The van der Waals surface area contributed by atoms with Gasteiger partial charge < -0.3 is 9.32 Å². The van der Waals surface area contributed by atoms with Gasteiger partial charge in [-0.2, -0.15) is 14.6 Å². The molecule has 126 valence electrons. The molecule has 0 bridgehead atoms. The predicted molar refractivity (Wildman–Crippen MR) is 92.1 cm³/mol. The maximum Gasteiger partial charge on any atom is 0.254 e. The number of nitrogens with zero attached hydrogens (tertiary/aromatic N) is 5. The van der Waals surface area contributed by atoms with Crippen molar-refractivity contribution in [3.05, 3.63) is 41.7 Å². The van der Waals surface area contributed by atoms with Gasteiger partial charge in [-0.25, -0.2) is 4.98 Å². The van der Waals surface area contributed by atoms with Crippen LogP contribution in [0.2, 0.25) is 0 Å². The first kappa shape index (κ1) is 15.2. The van der Waals surface area contributed by atoms with E-state index in [0.29, 0.717) is 11.7 Å². The topological polar surface area (TPSA) is 59.5 Å². The summed E-state index contributed by atoms with van der Waals surface area (Å²) in [5.41, 5.74) is 1.04. The summed E-state index contributed by atoms with van der Waals surface area (Å²) in [5, 5.41) is 4.39. The number of piperidine rings is 1. The maximum atomic E-state index is 5.97. The van der Waals surface area contributed by atoms with Gasteiger partial charge >= 0.3 is 0 Å². The summed E-state index contributed by atoms with van der Waals surface area (Å²) in [4.78, 5) is 11.3. The fourth-order valence-corrected chi connectivity index (χ4v) is 3.55. The van der Waals surface area contributed by atoms with Crippen molar-refractivity contribution >= 4 is 11.6 Å². The van der Waals surface area contributed by atoms with Crippen molar-refractivity contribution in [2.75, 3.05) is 11.4 Å². The third-order valence-corrected chi connectivity index (χ3v) is 4.90. The van der Waals surface area contributed by atoms with Crippen molar-refractivity contribution < 1.29 is 4.42 Å². The molecular weight excluding hydrogens is 302 g/mol. The molecule has 2 unspecified atom stereocenters. The van der Waals surface area contributed by atoms with Crippen LogP contribution in [0.1, 0.15) is 49.9 Å². The van der Waals surface area contributed by atoms with Gasteiger partial charge in [0.15, 0.2) is 0 Å². The summed E-state index contributed by atoms with van der Waals surface area (Å²) in [7, 11) is 0. The number of hydrogen-bond acceptors (Lipinski definition) is 5. The second-order valence-electron chi connectivity index (χ2n) is 6.72. The van der Waals surface area contributed by atoms with Crippen LogP contribution < -0.4 is 4.90 Å². The minimum atomic E-state index is 0.224. The zero-order valence-corrected chi connectivity index (χ0v) is 14.4. The van der Waals surface area contributed by atoms with Crippen molar-refractivity contribution in [2.24, 2.45) is 5.92 Å². The van der Waals surface area contributed by atoms with Crippen molar-refractivity contribution in [1.82, 2.24) is 19.6 Å². The number of rotatable bonds is 3. The van der Waals surface area contributed by atoms with Gasteiger partial charge in [-0.15, -0.1) is 0 Å². The normalized spacial score (nSPS) is 21.5. The Bertz CT molecular complexity index is 852. The quantitative estimate of drug-likeness (QED) is 0.737. The van der Waals surface area contributed by atoms with E-state index in [1.807, 2.05) is 17.5 Å². The summed E-state index contributed by atoms with van der Waals surface area (Å²) in [6, 6.07) is 6.51. The van der Waals surface area contributed by atoms with E-state index in [2.05, 4.69) is 45.9 Å². The van der Waals surface area contributed by atoms with E-state index in [1.165, 1.54) is 0 Å². The Morgan fingerprint density at radius 2 is 2.21 bits per heavy atom. The van der Waals surface area contributed by atoms with Gasteiger partial charge in [-0.1, -0.05) is 13.8 Å². The average molecular weight is 325 g/mol. The van der Waals surface area contributed by atoms with Crippen LogP contribution in [0.15, 0.2) is 28.9 Å². The fraction of sp³-hybridized carbons (Fsp3) is 0.500. The molecule has 0 amide bonds. The molecule has 0 radical (unpaired) electrons. The summed E-state index contributed by atoms with van der Waals surface area (Å²) in [6.45, 7) is 7.41. The molecule has 4 heterocycles. The van der Waals surface area contributed by atoms with Crippen LogP contribution in [0, 0.1) is 12.8 Å². The summed E-state index contributed by atoms with van der Waals surface area (Å²) < 4.78 is 7.82. The molecule has 6 heteroatoms. The first-order valence-corrected chi connectivity index (χ1v) is 8.68. The summed E-state index contributed by atoms with van der Waals surface area (Å²) >= 11 is 0. The molecule has 0 saturated carbocycles. The van der Waals surface area contributed by atoms with Gasteiger partial charge in [0.2, 0.25) is 0 Å². The number of aryl methyl sites for hydroxylation is 2. The van der Waals surface area contributed by atoms with E-state index >= 15 is 0 Å². The summed E-state index contributed by atoms with van der Waals surface area (Å²) in [6.07, 6.45) is 4.69. The Balaban J connectivity index is 1.82. The monoisotopic (exact) mass is 325 g/mol. The molecule has 0 aliphatic carbocycles. The van der Waals surface area contributed by atoms with E-state index in [1.54, 1.807) is 6.33 Å². The minimum absolute atomic E-state index is 0.224. The SMILES string of the molecule is CCc1cc(N2CCC(C)CC2c2ccc(C)o2)n2ncnc2n1. The second kappa shape index (κ2) is 5.92. The van der Waals surface area contributed by atoms with Crippen LogP contribution in [0.3, 0.4) is 0 Å². The zero-order chi connectivity index (χ0) is 16.7. The van der Waals surface area contributed by atoms with E-state index < -0.39 is 0 Å². The third-order valence-electron chi connectivity index (χ3n) is 4.90. The van der Waals surface area contributed by atoms with Crippen molar-refractivity contribution in [3.63, 3.8) is 0 Å². The van der Waals surface area contributed by atoms with Crippen molar-refractivity contribution in [3.8, 4) is 0 Å². The van der Waals surface area contributed by atoms with Gasteiger partial charge in [-0.05, 0) is 44.2 Å². The first-order valence-electron chi connectivity index (χ1n) is 8.68. The van der Waals surface area contributed by atoms with Gasteiger partial charge in [0, 0.05) is 18.3 Å². The molecule has 3 aromatic heterocycles. The van der Waals surface area contributed by atoms with Crippen molar-refractivity contribution in [1.29, 1.82) is 0 Å². The largest absolute Gasteiger partial charge is 0.464 e. The van der Waals surface area contributed by atoms with Crippen LogP contribution in [-0.4, -0.2) is 26.1 Å². The number of anilines is 1. The van der Waals surface area contributed by atoms with E-state index in [-0.39, 0.29) is 6.04 Å². The molecule has 0 N–H and O–H groups in total. The molecule has 1 saturated heterocycles. The van der Waals surface area contributed by atoms with Gasteiger partial charge in [0.25, 0.3) is 5.78 Å².